The van der Waals surface area contributed by atoms with E-state index in [-0.39, 0.29) is 21.2 Å². The molecule has 2 aliphatic carbocycles. The molecule has 4 rings (SSSR count). The van der Waals surface area contributed by atoms with E-state index in [2.05, 4.69) is 68.2 Å². The number of benzene rings is 2. The summed E-state index contributed by atoms with van der Waals surface area (Å²) in [5.74, 6) is 0. The van der Waals surface area contributed by atoms with Gasteiger partial charge in [-0.15, -0.1) is 0 Å². The van der Waals surface area contributed by atoms with E-state index in [1.54, 1.807) is 22.3 Å². The Labute approximate surface area is 150 Å². The molecular formula is C22H24I-. The van der Waals surface area contributed by atoms with Crippen molar-refractivity contribution in [2.24, 2.45) is 5.41 Å². The number of alkyl halides is 2. The molecule has 0 heterocycles. The summed E-state index contributed by atoms with van der Waals surface area (Å²) in [6.07, 6.45) is 4.92. The van der Waals surface area contributed by atoms with Crippen molar-refractivity contribution in [1.82, 2.24) is 0 Å². The zero-order valence-corrected chi connectivity index (χ0v) is 16.6. The molecule has 0 N–H and O–H groups in total. The average Bonchev–Trinajstić information content (AvgIpc) is 2.99. The van der Waals surface area contributed by atoms with E-state index < -0.39 is 0 Å². The number of fused-ring (bicyclic) bond motifs is 2. The summed E-state index contributed by atoms with van der Waals surface area (Å²) in [5, 5.41) is 0. The molecule has 1 unspecified atom stereocenters. The first-order valence-corrected chi connectivity index (χ1v) is 11.8. The fourth-order valence-corrected chi connectivity index (χ4v) is 6.72. The van der Waals surface area contributed by atoms with Gasteiger partial charge >= 0.3 is 151 Å². The normalized spacial score (nSPS) is 21.2. The van der Waals surface area contributed by atoms with E-state index >= 15 is 0 Å². The monoisotopic (exact) mass is 415 g/mol. The summed E-state index contributed by atoms with van der Waals surface area (Å²) in [6.45, 7) is 7.16. The molecule has 0 aromatic heterocycles. The van der Waals surface area contributed by atoms with Gasteiger partial charge in [-0.2, -0.15) is 0 Å². The van der Waals surface area contributed by atoms with Crippen LogP contribution in [0.2, 0.25) is 0 Å². The SMILES string of the molecule is C[I-]C1C(C)=Cc2c1cc1c(c2-c2ccccc2)CC(C)(C)C1. The maximum absolute atomic E-state index is 2.56. The second-order valence-electron chi connectivity index (χ2n) is 7.75. The van der Waals surface area contributed by atoms with Crippen LogP contribution in [0, 0.1) is 5.41 Å². The van der Waals surface area contributed by atoms with Crippen LogP contribution in [0.3, 0.4) is 0 Å². The molecule has 0 saturated heterocycles. The van der Waals surface area contributed by atoms with E-state index in [1.165, 1.54) is 29.5 Å². The second-order valence-corrected chi connectivity index (χ2v) is 10.2. The van der Waals surface area contributed by atoms with Gasteiger partial charge in [0.05, 0.1) is 0 Å². The zero-order chi connectivity index (χ0) is 16.2. The minimum atomic E-state index is 0.192. The first-order valence-electron chi connectivity index (χ1n) is 8.40. The number of rotatable bonds is 2. The molecule has 1 heteroatoms. The molecule has 2 aliphatic rings. The Hall–Kier alpha value is -1.09. The van der Waals surface area contributed by atoms with E-state index in [9.17, 15) is 0 Å². The summed E-state index contributed by atoms with van der Waals surface area (Å²) in [6, 6.07) is 13.6. The van der Waals surface area contributed by atoms with Crippen LogP contribution in [0.5, 0.6) is 0 Å². The van der Waals surface area contributed by atoms with E-state index in [4.69, 9.17) is 0 Å². The molecular weight excluding hydrogens is 391 g/mol. The first kappa shape index (κ1) is 15.4. The molecule has 0 nitrogen and oxygen atoms in total. The Bertz CT molecular complexity index is 796. The number of allylic oxidation sites excluding steroid dienone is 1. The van der Waals surface area contributed by atoms with Gasteiger partial charge in [0.2, 0.25) is 0 Å². The topological polar surface area (TPSA) is 0 Å². The Balaban J connectivity index is 2.01. The van der Waals surface area contributed by atoms with Crippen molar-refractivity contribution in [2.45, 2.75) is 37.5 Å². The molecule has 2 aromatic rings. The molecule has 0 radical (unpaired) electrons. The number of hydrogen-bond acceptors (Lipinski definition) is 0. The number of hydrogen-bond donors (Lipinski definition) is 0. The van der Waals surface area contributed by atoms with Gasteiger partial charge in [-0.25, -0.2) is 0 Å². The van der Waals surface area contributed by atoms with Crippen molar-refractivity contribution in [2.75, 3.05) is 4.93 Å². The summed E-state index contributed by atoms with van der Waals surface area (Å²) >= 11 is 0.192. The van der Waals surface area contributed by atoms with Crippen LogP contribution >= 0.6 is 0 Å². The maximum atomic E-state index is 2.56. The summed E-state index contributed by atoms with van der Waals surface area (Å²) in [7, 11) is 0. The average molecular weight is 415 g/mol. The molecule has 0 bridgehead atoms. The Morgan fingerprint density at radius 3 is 2.52 bits per heavy atom. The number of halogens is 1. The fourth-order valence-electron chi connectivity index (χ4n) is 4.37. The Kier molecular flexibility index (Phi) is 3.67. The summed E-state index contributed by atoms with van der Waals surface area (Å²) in [5.41, 5.74) is 11.3. The molecule has 2 aromatic carbocycles. The van der Waals surface area contributed by atoms with Gasteiger partial charge in [-0.05, 0) is 0 Å². The quantitative estimate of drug-likeness (QED) is 0.523. The van der Waals surface area contributed by atoms with Gasteiger partial charge in [-0.1, -0.05) is 0 Å². The van der Waals surface area contributed by atoms with Crippen LogP contribution < -0.4 is 21.2 Å². The van der Waals surface area contributed by atoms with Crippen molar-refractivity contribution in [3.8, 4) is 11.1 Å². The summed E-state index contributed by atoms with van der Waals surface area (Å²) in [4.78, 5) is 2.43. The van der Waals surface area contributed by atoms with Gasteiger partial charge in [0.1, 0.15) is 0 Å². The predicted molar refractivity (Wildman–Crippen MR) is 95.4 cm³/mol. The molecule has 0 saturated carbocycles. The van der Waals surface area contributed by atoms with E-state index in [0.717, 1.165) is 3.92 Å². The van der Waals surface area contributed by atoms with Crippen molar-refractivity contribution < 1.29 is 21.2 Å². The molecule has 0 amide bonds. The third kappa shape index (κ3) is 2.48. The second kappa shape index (κ2) is 5.47. The molecule has 23 heavy (non-hydrogen) atoms. The van der Waals surface area contributed by atoms with Gasteiger partial charge < -0.3 is 0 Å². The van der Waals surface area contributed by atoms with Crippen molar-refractivity contribution in [3.63, 3.8) is 0 Å². The van der Waals surface area contributed by atoms with E-state index in [0.29, 0.717) is 5.41 Å². The molecule has 0 spiro atoms. The third-order valence-electron chi connectivity index (χ3n) is 5.25. The van der Waals surface area contributed by atoms with Crippen LogP contribution in [-0.4, -0.2) is 4.93 Å². The van der Waals surface area contributed by atoms with Gasteiger partial charge in [0.15, 0.2) is 0 Å². The molecule has 0 fully saturated rings. The predicted octanol–water partition coefficient (Wildman–Crippen LogP) is 2.66. The third-order valence-corrected chi connectivity index (χ3v) is 8.15. The van der Waals surface area contributed by atoms with Crippen molar-refractivity contribution in [3.05, 3.63) is 64.2 Å². The zero-order valence-electron chi connectivity index (χ0n) is 14.4. The Morgan fingerprint density at radius 1 is 1.09 bits per heavy atom. The van der Waals surface area contributed by atoms with Crippen LogP contribution in [0.4, 0.5) is 0 Å². The molecule has 0 aliphatic heterocycles. The van der Waals surface area contributed by atoms with Crippen molar-refractivity contribution in [1.29, 1.82) is 0 Å². The van der Waals surface area contributed by atoms with Gasteiger partial charge in [0, 0.05) is 0 Å². The van der Waals surface area contributed by atoms with Crippen LogP contribution in [0.25, 0.3) is 17.2 Å². The fraction of sp³-hybridized carbons (Fsp3) is 0.364. The molecule has 1 atom stereocenters. The Morgan fingerprint density at radius 2 is 1.83 bits per heavy atom. The van der Waals surface area contributed by atoms with Crippen LogP contribution in [0.1, 0.15) is 46.9 Å². The first-order chi connectivity index (χ1) is 11.0. The summed E-state index contributed by atoms with van der Waals surface area (Å²) < 4.78 is 0.722. The van der Waals surface area contributed by atoms with Gasteiger partial charge in [0.25, 0.3) is 0 Å². The minimum absolute atomic E-state index is 0.192. The molecule has 120 valence electrons. The standard InChI is InChI=1S/C22H24I/c1-14-10-17-18(21(14)23-4)11-16-12-22(2,3)13-19(16)20(17)15-8-6-5-7-9-15/h5-11,21H,12-13H2,1-4H3/q-1. The van der Waals surface area contributed by atoms with Crippen LogP contribution in [-0.2, 0) is 12.8 Å². The van der Waals surface area contributed by atoms with E-state index in [1.807, 2.05) is 0 Å². The van der Waals surface area contributed by atoms with Gasteiger partial charge in [-0.3, -0.25) is 0 Å². The van der Waals surface area contributed by atoms with Crippen molar-refractivity contribution >= 4 is 6.08 Å². The van der Waals surface area contributed by atoms with Crippen LogP contribution in [0.15, 0.2) is 42.0 Å².